The molecule has 3 nitrogen and oxygen atoms in total. The van der Waals surface area contributed by atoms with Crippen LogP contribution in [-0.4, -0.2) is 23.6 Å². The summed E-state index contributed by atoms with van der Waals surface area (Å²) in [4.78, 5) is 9.08. The van der Waals surface area contributed by atoms with E-state index >= 15 is 0 Å². The van der Waals surface area contributed by atoms with Gasteiger partial charge in [0.15, 0.2) is 0 Å². The number of aryl methyl sites for hydroxylation is 2. The van der Waals surface area contributed by atoms with Crippen molar-refractivity contribution in [3.8, 4) is 0 Å². The second-order valence-corrected chi connectivity index (χ2v) is 4.72. The second kappa shape index (κ2) is 6.59. The third-order valence-corrected chi connectivity index (χ3v) is 2.40. The molecule has 0 amide bonds. The molecule has 0 unspecified atom stereocenters. The number of nitrogens with zero attached hydrogens (tertiary/aromatic N) is 2. The average Bonchev–Trinajstić information content (AvgIpc) is 2.16. The van der Waals surface area contributed by atoms with Crippen LogP contribution < -0.4 is 5.32 Å². The Balaban J connectivity index is 2.65. The van der Waals surface area contributed by atoms with Gasteiger partial charge in [0.25, 0.3) is 0 Å². The van der Waals surface area contributed by atoms with Crippen LogP contribution in [-0.2, 0) is 12.8 Å². The summed E-state index contributed by atoms with van der Waals surface area (Å²) >= 11 is 0. The van der Waals surface area contributed by atoms with Crippen LogP contribution in [0.3, 0.4) is 0 Å². The molecule has 1 aromatic heterocycles. The Hall–Kier alpha value is -0.960. The van der Waals surface area contributed by atoms with Crippen LogP contribution in [0.5, 0.6) is 0 Å². The van der Waals surface area contributed by atoms with E-state index in [2.05, 4.69) is 35.2 Å². The van der Waals surface area contributed by atoms with Crippen molar-refractivity contribution in [2.24, 2.45) is 5.92 Å². The molecule has 0 saturated carbocycles. The van der Waals surface area contributed by atoms with E-state index in [1.54, 1.807) is 0 Å². The number of hydrogen-bond donors (Lipinski definition) is 1. The lowest BCUT2D eigenvalue weighted by Crippen LogP contribution is -2.10. The van der Waals surface area contributed by atoms with E-state index in [9.17, 15) is 0 Å². The van der Waals surface area contributed by atoms with Gasteiger partial charge in [-0.25, -0.2) is 9.97 Å². The van der Waals surface area contributed by atoms with Gasteiger partial charge in [-0.2, -0.15) is 0 Å². The molecular formula is C13H23N3. The molecule has 1 rings (SSSR count). The smallest absolute Gasteiger partial charge is 0.128 e. The molecule has 0 aromatic carbocycles. The van der Waals surface area contributed by atoms with Crippen LogP contribution in [0.15, 0.2) is 6.07 Å². The summed E-state index contributed by atoms with van der Waals surface area (Å²) in [6.45, 7) is 7.51. The highest BCUT2D eigenvalue weighted by Gasteiger charge is 2.04. The first kappa shape index (κ1) is 13.1. The van der Waals surface area contributed by atoms with Crippen LogP contribution in [0, 0.1) is 12.8 Å². The standard InChI is InChI=1S/C13H23N3/c1-10(2)8-12-9-11(3)15-13(16-12)6-5-7-14-4/h9-10,14H,5-8H2,1-4H3. The average molecular weight is 221 g/mol. The highest BCUT2D eigenvalue weighted by molar-refractivity contribution is 5.10. The van der Waals surface area contributed by atoms with E-state index < -0.39 is 0 Å². The first-order valence-electron chi connectivity index (χ1n) is 6.10. The van der Waals surface area contributed by atoms with Crippen molar-refractivity contribution in [2.75, 3.05) is 13.6 Å². The summed E-state index contributed by atoms with van der Waals surface area (Å²) in [7, 11) is 1.97. The normalized spacial score (nSPS) is 11.1. The largest absolute Gasteiger partial charge is 0.320 e. The first-order chi connectivity index (χ1) is 7.61. The Bertz CT molecular complexity index is 321. The summed E-state index contributed by atoms with van der Waals surface area (Å²) < 4.78 is 0. The predicted molar refractivity (Wildman–Crippen MR) is 67.6 cm³/mol. The molecule has 1 heterocycles. The SMILES string of the molecule is CNCCCc1nc(C)cc(CC(C)C)n1. The molecule has 0 aliphatic carbocycles. The Kier molecular flexibility index (Phi) is 5.39. The lowest BCUT2D eigenvalue weighted by molar-refractivity contribution is 0.624. The fourth-order valence-electron chi connectivity index (χ4n) is 1.76. The maximum Gasteiger partial charge on any atom is 0.128 e. The van der Waals surface area contributed by atoms with Crippen LogP contribution in [0.1, 0.15) is 37.5 Å². The summed E-state index contributed by atoms with van der Waals surface area (Å²) in [5.74, 6) is 1.64. The first-order valence-corrected chi connectivity index (χ1v) is 6.10. The number of aromatic nitrogens is 2. The fraction of sp³-hybridized carbons (Fsp3) is 0.692. The molecule has 0 radical (unpaired) electrons. The van der Waals surface area contributed by atoms with Gasteiger partial charge >= 0.3 is 0 Å². The molecule has 0 bridgehead atoms. The van der Waals surface area contributed by atoms with E-state index in [1.807, 2.05) is 14.0 Å². The molecule has 3 heteroatoms. The van der Waals surface area contributed by atoms with Gasteiger partial charge in [-0.3, -0.25) is 0 Å². The minimum absolute atomic E-state index is 0.652. The molecule has 16 heavy (non-hydrogen) atoms. The van der Waals surface area contributed by atoms with E-state index in [1.165, 1.54) is 5.69 Å². The molecule has 0 saturated heterocycles. The van der Waals surface area contributed by atoms with Crippen molar-refractivity contribution in [1.29, 1.82) is 0 Å². The highest BCUT2D eigenvalue weighted by atomic mass is 14.9. The maximum absolute atomic E-state index is 4.61. The summed E-state index contributed by atoms with van der Waals surface area (Å²) in [5.41, 5.74) is 2.27. The van der Waals surface area contributed by atoms with Crippen LogP contribution in [0.4, 0.5) is 0 Å². The second-order valence-electron chi connectivity index (χ2n) is 4.72. The Labute approximate surface area is 98.7 Å². The highest BCUT2D eigenvalue weighted by Crippen LogP contribution is 2.08. The lowest BCUT2D eigenvalue weighted by Gasteiger charge is -2.07. The van der Waals surface area contributed by atoms with E-state index in [0.717, 1.165) is 37.3 Å². The van der Waals surface area contributed by atoms with Gasteiger partial charge in [-0.05, 0) is 45.3 Å². The van der Waals surface area contributed by atoms with Gasteiger partial charge < -0.3 is 5.32 Å². The zero-order valence-corrected chi connectivity index (χ0v) is 10.9. The Morgan fingerprint density at radius 1 is 1.31 bits per heavy atom. The van der Waals surface area contributed by atoms with E-state index in [0.29, 0.717) is 5.92 Å². The minimum atomic E-state index is 0.652. The monoisotopic (exact) mass is 221 g/mol. The van der Waals surface area contributed by atoms with Gasteiger partial charge in [-0.1, -0.05) is 13.8 Å². The lowest BCUT2D eigenvalue weighted by atomic mass is 10.1. The summed E-state index contributed by atoms with van der Waals surface area (Å²) in [6, 6.07) is 2.10. The van der Waals surface area contributed by atoms with Gasteiger partial charge in [0.1, 0.15) is 5.82 Å². The minimum Gasteiger partial charge on any atom is -0.320 e. The van der Waals surface area contributed by atoms with Crippen molar-refractivity contribution in [2.45, 2.75) is 40.0 Å². The maximum atomic E-state index is 4.61. The molecular weight excluding hydrogens is 198 g/mol. The molecule has 0 fully saturated rings. The third-order valence-electron chi connectivity index (χ3n) is 2.40. The summed E-state index contributed by atoms with van der Waals surface area (Å²) in [5, 5.41) is 3.14. The number of rotatable bonds is 6. The molecule has 0 atom stereocenters. The summed E-state index contributed by atoms with van der Waals surface area (Å²) in [6.07, 6.45) is 3.11. The van der Waals surface area contributed by atoms with Crippen LogP contribution in [0.2, 0.25) is 0 Å². The molecule has 1 aromatic rings. The van der Waals surface area contributed by atoms with Gasteiger partial charge in [0.2, 0.25) is 0 Å². The topological polar surface area (TPSA) is 37.8 Å². The molecule has 0 aliphatic heterocycles. The van der Waals surface area contributed by atoms with Gasteiger partial charge in [0, 0.05) is 17.8 Å². The Morgan fingerprint density at radius 2 is 2.06 bits per heavy atom. The molecule has 0 spiro atoms. The van der Waals surface area contributed by atoms with Crippen molar-refractivity contribution >= 4 is 0 Å². The van der Waals surface area contributed by atoms with Crippen molar-refractivity contribution in [3.63, 3.8) is 0 Å². The molecule has 1 N–H and O–H groups in total. The Morgan fingerprint density at radius 3 is 2.69 bits per heavy atom. The van der Waals surface area contributed by atoms with Gasteiger partial charge in [0.05, 0.1) is 0 Å². The fourth-order valence-corrected chi connectivity index (χ4v) is 1.76. The van der Waals surface area contributed by atoms with Crippen molar-refractivity contribution < 1.29 is 0 Å². The van der Waals surface area contributed by atoms with Gasteiger partial charge in [-0.15, -0.1) is 0 Å². The van der Waals surface area contributed by atoms with E-state index in [-0.39, 0.29) is 0 Å². The van der Waals surface area contributed by atoms with Crippen LogP contribution in [0.25, 0.3) is 0 Å². The third kappa shape index (κ3) is 4.71. The number of hydrogen-bond acceptors (Lipinski definition) is 3. The zero-order chi connectivity index (χ0) is 12.0. The van der Waals surface area contributed by atoms with Crippen LogP contribution >= 0.6 is 0 Å². The number of nitrogens with one attached hydrogen (secondary N) is 1. The predicted octanol–water partition coefficient (Wildman–Crippen LogP) is 2.14. The van der Waals surface area contributed by atoms with Crippen molar-refractivity contribution in [3.05, 3.63) is 23.3 Å². The molecule has 90 valence electrons. The zero-order valence-electron chi connectivity index (χ0n) is 10.9. The quantitative estimate of drug-likeness (QED) is 0.748. The van der Waals surface area contributed by atoms with Crippen molar-refractivity contribution in [1.82, 2.24) is 15.3 Å². The van der Waals surface area contributed by atoms with E-state index in [4.69, 9.17) is 0 Å². The molecule has 0 aliphatic rings.